The maximum Gasteiger partial charge on any atom is 0.278 e. The van der Waals surface area contributed by atoms with Gasteiger partial charge in [-0.05, 0) is 12.1 Å². The van der Waals surface area contributed by atoms with Crippen LogP contribution in [0.3, 0.4) is 0 Å². The summed E-state index contributed by atoms with van der Waals surface area (Å²) in [6, 6.07) is 4.28. The fourth-order valence-corrected chi connectivity index (χ4v) is 1.81. The third-order valence-electron chi connectivity index (χ3n) is 2.64. The molecule has 0 aliphatic rings. The second-order valence-electron chi connectivity index (χ2n) is 3.91. The van der Waals surface area contributed by atoms with Gasteiger partial charge in [0.15, 0.2) is 11.2 Å². The number of fused-ring (bicyclic) bond motifs is 1. The summed E-state index contributed by atoms with van der Waals surface area (Å²) >= 11 is 0. The van der Waals surface area contributed by atoms with Crippen molar-refractivity contribution >= 4 is 17.1 Å². The maximum absolute atomic E-state index is 11.6. The molecule has 0 fully saturated rings. The van der Waals surface area contributed by atoms with Crippen LogP contribution < -0.4 is 11.3 Å². The molecule has 8 heteroatoms. The highest BCUT2D eigenvalue weighted by Gasteiger charge is 2.16. The number of H-pyrrole nitrogens is 2. The molecule has 0 saturated carbocycles. The number of anilines is 1. The molecule has 0 bridgehead atoms. The number of rotatable bonds is 1. The number of phenols is 2. The number of benzene rings is 1. The van der Waals surface area contributed by atoms with Crippen LogP contribution in [-0.4, -0.2) is 30.1 Å². The first-order valence-corrected chi connectivity index (χ1v) is 5.33. The molecule has 0 radical (unpaired) electrons. The number of nitrogens with one attached hydrogen (secondary N) is 2. The predicted octanol–water partition coefficient (Wildman–Crippen LogP) is 0.307. The Morgan fingerprint density at radius 1 is 1.11 bits per heavy atom. The van der Waals surface area contributed by atoms with Gasteiger partial charge < -0.3 is 20.9 Å². The number of nitrogen functional groups attached to an aromatic ring is 1. The van der Waals surface area contributed by atoms with Gasteiger partial charge in [-0.1, -0.05) is 6.07 Å². The molecule has 1 aromatic carbocycles. The fraction of sp³-hybridized carbons (Fsp3) is 0. The molecule has 0 spiro atoms. The molecule has 96 valence electrons. The molecule has 2 aromatic heterocycles. The van der Waals surface area contributed by atoms with Gasteiger partial charge in [0.1, 0.15) is 22.9 Å². The van der Waals surface area contributed by atoms with Gasteiger partial charge in [-0.25, -0.2) is 4.98 Å². The molecule has 6 N–H and O–H groups in total. The summed E-state index contributed by atoms with van der Waals surface area (Å²) in [5, 5.41) is 19.5. The number of nitrogens with two attached hydrogens (primary N) is 1. The lowest BCUT2D eigenvalue weighted by atomic mass is 10.1. The molecule has 2 heterocycles. The van der Waals surface area contributed by atoms with Crippen molar-refractivity contribution in [2.75, 3.05) is 5.73 Å². The zero-order valence-electron chi connectivity index (χ0n) is 9.51. The summed E-state index contributed by atoms with van der Waals surface area (Å²) in [5.41, 5.74) is 5.26. The van der Waals surface area contributed by atoms with Crippen LogP contribution in [0.4, 0.5) is 5.95 Å². The maximum atomic E-state index is 11.6. The van der Waals surface area contributed by atoms with E-state index in [-0.39, 0.29) is 40.0 Å². The van der Waals surface area contributed by atoms with Crippen LogP contribution in [0.5, 0.6) is 11.5 Å². The molecular weight excluding hydrogens is 250 g/mol. The number of nitrogens with zero attached hydrogens (tertiary/aromatic N) is 2. The Hall–Kier alpha value is -3.03. The lowest BCUT2D eigenvalue weighted by molar-refractivity contribution is 0.453. The Balaban J connectivity index is 2.33. The molecule has 0 aliphatic heterocycles. The van der Waals surface area contributed by atoms with Crippen molar-refractivity contribution < 1.29 is 10.2 Å². The number of aromatic hydroxyl groups is 2. The van der Waals surface area contributed by atoms with Gasteiger partial charge in [-0.15, -0.1) is 0 Å². The van der Waals surface area contributed by atoms with Crippen molar-refractivity contribution in [2.45, 2.75) is 0 Å². The Kier molecular flexibility index (Phi) is 2.18. The van der Waals surface area contributed by atoms with Crippen molar-refractivity contribution in [3.05, 3.63) is 28.6 Å². The van der Waals surface area contributed by atoms with Crippen LogP contribution in [0.1, 0.15) is 0 Å². The molecule has 0 aliphatic carbocycles. The summed E-state index contributed by atoms with van der Waals surface area (Å²) in [6.07, 6.45) is 0. The van der Waals surface area contributed by atoms with Crippen LogP contribution in [0, 0.1) is 0 Å². The van der Waals surface area contributed by atoms with E-state index in [9.17, 15) is 15.0 Å². The van der Waals surface area contributed by atoms with Crippen LogP contribution in [-0.2, 0) is 0 Å². The van der Waals surface area contributed by atoms with E-state index in [1.54, 1.807) is 0 Å². The average Bonchev–Trinajstić information content (AvgIpc) is 2.72. The lowest BCUT2D eigenvalue weighted by Crippen LogP contribution is -2.10. The highest BCUT2D eigenvalue weighted by Crippen LogP contribution is 2.35. The standard InChI is InChI=1S/C11H9N5O3/c12-11-15-9-7(10(19)16-11)13-8(14-9)6-4(17)2-1-3-5(6)18/h1-3,17-18H,(H4,12,13,14,15,16,19). The monoisotopic (exact) mass is 259 g/mol. The topological polar surface area (TPSA) is 141 Å². The van der Waals surface area contributed by atoms with E-state index in [0.717, 1.165) is 0 Å². The highest BCUT2D eigenvalue weighted by atomic mass is 16.3. The molecule has 0 saturated heterocycles. The van der Waals surface area contributed by atoms with E-state index in [2.05, 4.69) is 19.9 Å². The number of hydrogen-bond acceptors (Lipinski definition) is 6. The van der Waals surface area contributed by atoms with Gasteiger partial charge in [0.05, 0.1) is 0 Å². The van der Waals surface area contributed by atoms with E-state index in [1.165, 1.54) is 18.2 Å². The molecule has 3 aromatic rings. The summed E-state index contributed by atoms with van der Waals surface area (Å²) in [6.45, 7) is 0. The van der Waals surface area contributed by atoms with Crippen LogP contribution in [0.2, 0.25) is 0 Å². The summed E-state index contributed by atoms with van der Waals surface area (Å²) in [4.78, 5) is 24.6. The molecular formula is C11H9N5O3. The minimum atomic E-state index is -0.476. The Morgan fingerprint density at radius 3 is 2.47 bits per heavy atom. The second-order valence-corrected chi connectivity index (χ2v) is 3.91. The second kappa shape index (κ2) is 3.73. The van der Waals surface area contributed by atoms with E-state index >= 15 is 0 Å². The van der Waals surface area contributed by atoms with Crippen LogP contribution in [0.25, 0.3) is 22.6 Å². The zero-order valence-corrected chi connectivity index (χ0v) is 9.51. The van der Waals surface area contributed by atoms with Crippen molar-refractivity contribution in [1.82, 2.24) is 19.9 Å². The fourth-order valence-electron chi connectivity index (χ4n) is 1.81. The highest BCUT2D eigenvalue weighted by molar-refractivity contribution is 5.80. The van der Waals surface area contributed by atoms with E-state index < -0.39 is 5.56 Å². The first-order valence-electron chi connectivity index (χ1n) is 5.33. The van der Waals surface area contributed by atoms with E-state index in [1.807, 2.05) is 0 Å². The average molecular weight is 259 g/mol. The van der Waals surface area contributed by atoms with Gasteiger partial charge in [0.2, 0.25) is 5.95 Å². The first-order chi connectivity index (χ1) is 9.06. The van der Waals surface area contributed by atoms with E-state index in [4.69, 9.17) is 5.73 Å². The van der Waals surface area contributed by atoms with Gasteiger partial charge in [0, 0.05) is 0 Å². The lowest BCUT2D eigenvalue weighted by Gasteiger charge is -2.02. The number of hydrogen-bond donors (Lipinski definition) is 5. The van der Waals surface area contributed by atoms with Gasteiger partial charge in [-0.2, -0.15) is 4.98 Å². The van der Waals surface area contributed by atoms with Crippen LogP contribution >= 0.6 is 0 Å². The molecule has 0 atom stereocenters. The summed E-state index contributed by atoms with van der Waals surface area (Å²) in [7, 11) is 0. The largest absolute Gasteiger partial charge is 0.507 e. The smallest absolute Gasteiger partial charge is 0.278 e. The number of imidazole rings is 1. The third-order valence-corrected chi connectivity index (χ3v) is 2.64. The van der Waals surface area contributed by atoms with Gasteiger partial charge >= 0.3 is 0 Å². The number of aromatic nitrogens is 4. The number of phenolic OH excluding ortho intramolecular Hbond substituents is 2. The molecule has 3 rings (SSSR count). The zero-order chi connectivity index (χ0) is 13.6. The molecule has 8 nitrogen and oxygen atoms in total. The minimum Gasteiger partial charge on any atom is -0.507 e. The molecule has 0 unspecified atom stereocenters. The normalized spacial score (nSPS) is 10.9. The number of aromatic amines is 2. The van der Waals surface area contributed by atoms with Crippen molar-refractivity contribution in [3.8, 4) is 22.9 Å². The van der Waals surface area contributed by atoms with Crippen molar-refractivity contribution in [3.63, 3.8) is 0 Å². The van der Waals surface area contributed by atoms with Crippen molar-refractivity contribution in [1.29, 1.82) is 0 Å². The van der Waals surface area contributed by atoms with Gasteiger partial charge in [0.25, 0.3) is 5.56 Å². The van der Waals surface area contributed by atoms with Gasteiger partial charge in [-0.3, -0.25) is 9.78 Å². The first kappa shape index (κ1) is 11.1. The summed E-state index contributed by atoms with van der Waals surface area (Å²) in [5.74, 6) is -0.252. The molecule has 19 heavy (non-hydrogen) atoms. The Bertz CT molecular complexity index is 816. The SMILES string of the molecule is Nc1nc2nc(-c3c(O)cccc3O)[nH]c2c(=O)[nH]1. The van der Waals surface area contributed by atoms with Crippen LogP contribution in [0.15, 0.2) is 23.0 Å². The summed E-state index contributed by atoms with van der Waals surface area (Å²) < 4.78 is 0. The Labute approximate surface area is 105 Å². The third kappa shape index (κ3) is 1.66. The molecule has 0 amide bonds. The minimum absolute atomic E-state index is 0.0583. The Morgan fingerprint density at radius 2 is 1.79 bits per heavy atom. The quantitative estimate of drug-likeness (QED) is 0.425. The predicted molar refractivity (Wildman–Crippen MR) is 67.7 cm³/mol. The van der Waals surface area contributed by atoms with E-state index in [0.29, 0.717) is 0 Å². The van der Waals surface area contributed by atoms with Crippen molar-refractivity contribution in [2.24, 2.45) is 0 Å².